The molecule has 1 aliphatic heterocycles. The summed E-state index contributed by atoms with van der Waals surface area (Å²) >= 11 is 0. The van der Waals surface area contributed by atoms with Gasteiger partial charge in [-0.3, -0.25) is 4.79 Å². The summed E-state index contributed by atoms with van der Waals surface area (Å²) in [5.74, 6) is 0.482. The highest BCUT2D eigenvalue weighted by Gasteiger charge is 2.60. The quantitative estimate of drug-likeness (QED) is 0.573. The van der Waals surface area contributed by atoms with Crippen LogP contribution in [0.15, 0.2) is 0 Å². The average Bonchev–Trinajstić information content (AvgIpc) is 1.90. The molecular formula is C12H29NOSi3. The summed E-state index contributed by atoms with van der Waals surface area (Å²) < 4.78 is 2.32. The van der Waals surface area contributed by atoms with Crippen molar-refractivity contribution in [2.45, 2.75) is 70.1 Å². The first kappa shape index (κ1) is 15.2. The van der Waals surface area contributed by atoms with Crippen molar-refractivity contribution in [1.29, 1.82) is 0 Å². The zero-order valence-electron chi connectivity index (χ0n) is 13.0. The molecule has 17 heavy (non-hydrogen) atoms. The smallest absolute Gasteiger partial charge is 0.216 e. The molecule has 1 heterocycles. The summed E-state index contributed by atoms with van der Waals surface area (Å²) in [5, 5.41) is 0. The van der Waals surface area contributed by atoms with Crippen molar-refractivity contribution in [2.75, 3.05) is 0 Å². The van der Waals surface area contributed by atoms with Gasteiger partial charge in [0.25, 0.3) is 0 Å². The van der Waals surface area contributed by atoms with E-state index in [-0.39, 0.29) is 0 Å². The maximum atomic E-state index is 12.5. The molecule has 2 nitrogen and oxygen atoms in total. The molecule has 0 bridgehead atoms. The van der Waals surface area contributed by atoms with Crippen LogP contribution in [-0.4, -0.2) is 40.5 Å². The molecular weight excluding hydrogens is 258 g/mol. The van der Waals surface area contributed by atoms with E-state index in [0.29, 0.717) is 17.1 Å². The SMILES string of the molecule is C[Si](C)(C)C1C(=O)N([Si](C)(C)C)C1[Si](C)(C)C. The van der Waals surface area contributed by atoms with Crippen LogP contribution in [0.3, 0.4) is 0 Å². The molecule has 0 aliphatic carbocycles. The predicted molar refractivity (Wildman–Crippen MR) is 84.4 cm³/mol. The van der Waals surface area contributed by atoms with Crippen molar-refractivity contribution in [1.82, 2.24) is 4.57 Å². The number of β-lactam (4-membered cyclic amide) rings is 1. The Bertz CT molecular complexity index is 298. The van der Waals surface area contributed by atoms with Crippen molar-refractivity contribution in [3.63, 3.8) is 0 Å². The summed E-state index contributed by atoms with van der Waals surface area (Å²) in [5.41, 5.74) is 0.995. The molecule has 2 unspecified atom stereocenters. The molecule has 1 saturated heterocycles. The van der Waals surface area contributed by atoms with Gasteiger partial charge in [-0.1, -0.05) is 58.9 Å². The number of amides is 1. The first-order chi connectivity index (χ1) is 7.28. The minimum atomic E-state index is -1.49. The highest BCUT2D eigenvalue weighted by molar-refractivity contribution is 6.90. The third kappa shape index (κ3) is 2.76. The molecule has 0 saturated carbocycles. The van der Waals surface area contributed by atoms with Crippen LogP contribution in [0.4, 0.5) is 0 Å². The van der Waals surface area contributed by atoms with Gasteiger partial charge in [-0.2, -0.15) is 0 Å². The number of hydrogen-bond donors (Lipinski definition) is 0. The van der Waals surface area contributed by atoms with Gasteiger partial charge in [-0.05, 0) is 0 Å². The van der Waals surface area contributed by atoms with E-state index in [9.17, 15) is 4.79 Å². The Hall–Kier alpha value is 0.121. The average molecular weight is 288 g/mol. The Morgan fingerprint density at radius 1 is 0.824 bits per heavy atom. The van der Waals surface area contributed by atoms with Gasteiger partial charge in [0, 0.05) is 11.2 Å². The lowest BCUT2D eigenvalue weighted by molar-refractivity contribution is -0.136. The van der Waals surface area contributed by atoms with Crippen LogP contribution in [0.25, 0.3) is 0 Å². The van der Waals surface area contributed by atoms with Gasteiger partial charge in [0.2, 0.25) is 5.91 Å². The third-order valence-corrected chi connectivity index (χ3v) is 11.0. The van der Waals surface area contributed by atoms with Crippen molar-refractivity contribution >= 4 is 30.3 Å². The van der Waals surface area contributed by atoms with Crippen molar-refractivity contribution in [3.8, 4) is 0 Å². The van der Waals surface area contributed by atoms with Crippen molar-refractivity contribution in [2.24, 2.45) is 0 Å². The summed E-state index contributed by atoms with van der Waals surface area (Å²) in [6.45, 7) is 21.2. The van der Waals surface area contributed by atoms with Crippen LogP contribution in [0, 0.1) is 0 Å². The van der Waals surface area contributed by atoms with E-state index in [1.165, 1.54) is 0 Å². The number of nitrogens with zero attached hydrogens (tertiary/aromatic N) is 1. The number of rotatable bonds is 3. The molecule has 0 aromatic rings. The van der Waals surface area contributed by atoms with E-state index in [1.807, 2.05) is 0 Å². The van der Waals surface area contributed by atoms with Gasteiger partial charge in [-0.25, -0.2) is 0 Å². The van der Waals surface area contributed by atoms with Crippen molar-refractivity contribution in [3.05, 3.63) is 0 Å². The first-order valence-electron chi connectivity index (χ1n) is 6.61. The van der Waals surface area contributed by atoms with Crippen LogP contribution in [-0.2, 0) is 4.79 Å². The molecule has 0 radical (unpaired) electrons. The van der Waals surface area contributed by atoms with Crippen LogP contribution < -0.4 is 0 Å². The minimum absolute atomic E-state index is 0.390. The lowest BCUT2D eigenvalue weighted by Crippen LogP contribution is -2.77. The second-order valence-corrected chi connectivity index (χ2v) is 24.0. The molecule has 0 aromatic heterocycles. The normalized spacial score (nSPS) is 27.1. The molecule has 1 aliphatic rings. The van der Waals surface area contributed by atoms with E-state index in [0.717, 1.165) is 0 Å². The fraction of sp³-hybridized carbons (Fsp3) is 0.917. The second-order valence-electron chi connectivity index (χ2n) is 8.53. The Balaban J connectivity index is 3.12. The Labute approximate surface area is 110 Å². The molecule has 5 heteroatoms. The lowest BCUT2D eigenvalue weighted by atomic mass is 10.2. The summed E-state index contributed by atoms with van der Waals surface area (Å²) in [6.07, 6.45) is 0. The fourth-order valence-corrected chi connectivity index (χ4v) is 14.4. The molecule has 0 N–H and O–H groups in total. The van der Waals surface area contributed by atoms with Gasteiger partial charge in [0.15, 0.2) is 8.24 Å². The zero-order valence-corrected chi connectivity index (χ0v) is 16.0. The predicted octanol–water partition coefficient (Wildman–Crippen LogP) is 3.62. The maximum Gasteiger partial charge on any atom is 0.216 e. The molecule has 1 rings (SSSR count). The van der Waals surface area contributed by atoms with Gasteiger partial charge in [0.05, 0.1) is 16.1 Å². The van der Waals surface area contributed by atoms with Crippen molar-refractivity contribution < 1.29 is 4.79 Å². The van der Waals surface area contributed by atoms with Crippen LogP contribution in [0.5, 0.6) is 0 Å². The number of carbonyl (C=O) groups excluding carboxylic acids is 1. The molecule has 0 aromatic carbocycles. The van der Waals surface area contributed by atoms with E-state index in [1.54, 1.807) is 0 Å². The highest BCUT2D eigenvalue weighted by atomic mass is 28.3. The van der Waals surface area contributed by atoms with Gasteiger partial charge in [0.1, 0.15) is 0 Å². The van der Waals surface area contributed by atoms with E-state index >= 15 is 0 Å². The largest absolute Gasteiger partial charge is 0.369 e. The van der Waals surface area contributed by atoms with E-state index in [2.05, 4.69) is 63.5 Å². The summed E-state index contributed by atoms with van der Waals surface area (Å²) in [4.78, 5) is 12.5. The van der Waals surface area contributed by atoms with Crippen LogP contribution in [0.2, 0.25) is 64.5 Å². The lowest BCUT2D eigenvalue weighted by Gasteiger charge is -2.61. The Kier molecular flexibility index (Phi) is 3.63. The minimum Gasteiger partial charge on any atom is -0.369 e. The third-order valence-electron chi connectivity index (χ3n) is 3.64. The van der Waals surface area contributed by atoms with Gasteiger partial charge < -0.3 is 4.57 Å². The summed E-state index contributed by atoms with van der Waals surface area (Å²) in [7, 11) is -4.14. The molecule has 100 valence electrons. The number of hydrogen-bond acceptors (Lipinski definition) is 1. The zero-order chi connectivity index (χ0) is 13.8. The fourth-order valence-electron chi connectivity index (χ4n) is 2.97. The first-order valence-corrected chi connectivity index (χ1v) is 17.2. The monoisotopic (exact) mass is 287 g/mol. The van der Waals surface area contributed by atoms with E-state index in [4.69, 9.17) is 0 Å². The van der Waals surface area contributed by atoms with E-state index < -0.39 is 24.4 Å². The highest BCUT2D eigenvalue weighted by Crippen LogP contribution is 2.46. The van der Waals surface area contributed by atoms with Crippen LogP contribution >= 0.6 is 0 Å². The van der Waals surface area contributed by atoms with Gasteiger partial charge >= 0.3 is 0 Å². The number of carbonyl (C=O) groups is 1. The standard InChI is InChI=1S/C12H29NOSi3/c1-15(2,3)10-11(14)13(17(7,8)9)12(10)16(4,5)6/h10,12H,1-9H3. The maximum absolute atomic E-state index is 12.5. The Morgan fingerprint density at radius 2 is 1.24 bits per heavy atom. The summed E-state index contributed by atoms with van der Waals surface area (Å²) in [6, 6.07) is 0. The molecule has 0 spiro atoms. The van der Waals surface area contributed by atoms with Gasteiger partial charge in [-0.15, -0.1) is 0 Å². The molecule has 1 fully saturated rings. The molecule has 1 amide bonds. The topological polar surface area (TPSA) is 20.3 Å². The second kappa shape index (κ2) is 4.06. The Morgan fingerprint density at radius 3 is 1.47 bits per heavy atom. The molecule has 2 atom stereocenters. The van der Waals surface area contributed by atoms with Crippen LogP contribution in [0.1, 0.15) is 0 Å².